The summed E-state index contributed by atoms with van der Waals surface area (Å²) in [6.07, 6.45) is 6.79. The largest absolute Gasteiger partial charge is 0.391 e. The fourth-order valence-corrected chi connectivity index (χ4v) is 3.60. The van der Waals surface area contributed by atoms with Gasteiger partial charge < -0.3 is 5.11 Å². The standard InChI is InChI=1S/C22H27NO/c1-18(20-12-6-3-7-13-20)23-17-9-8-14-21(23)22(24)16-15-19-10-4-2-5-11-19/h2-13,18,21-22,24H,14-17H2,1H3/t18-,21+,22+/m0/s1. The minimum Gasteiger partial charge on any atom is -0.391 e. The molecule has 0 bridgehead atoms. The highest BCUT2D eigenvalue weighted by Crippen LogP contribution is 2.28. The number of hydrogen-bond donors (Lipinski definition) is 1. The van der Waals surface area contributed by atoms with Gasteiger partial charge in [0.1, 0.15) is 0 Å². The number of rotatable bonds is 6. The smallest absolute Gasteiger partial charge is 0.0701 e. The van der Waals surface area contributed by atoms with Gasteiger partial charge in [0.25, 0.3) is 0 Å². The molecule has 1 heterocycles. The van der Waals surface area contributed by atoms with E-state index >= 15 is 0 Å². The molecule has 0 unspecified atom stereocenters. The van der Waals surface area contributed by atoms with E-state index in [4.69, 9.17) is 0 Å². The Labute approximate surface area is 145 Å². The molecule has 3 rings (SSSR count). The van der Waals surface area contributed by atoms with Gasteiger partial charge in [-0.1, -0.05) is 72.8 Å². The summed E-state index contributed by atoms with van der Waals surface area (Å²) in [5.41, 5.74) is 2.61. The molecular formula is C22H27NO. The third-order valence-corrected chi connectivity index (χ3v) is 5.08. The summed E-state index contributed by atoms with van der Waals surface area (Å²) in [6, 6.07) is 21.5. The van der Waals surface area contributed by atoms with E-state index in [0.29, 0.717) is 6.04 Å². The second-order valence-corrected chi connectivity index (χ2v) is 6.65. The van der Waals surface area contributed by atoms with Crippen LogP contribution in [0.25, 0.3) is 0 Å². The molecule has 0 fully saturated rings. The van der Waals surface area contributed by atoms with E-state index in [0.717, 1.165) is 25.8 Å². The van der Waals surface area contributed by atoms with Crippen LogP contribution < -0.4 is 0 Å². The Morgan fingerprint density at radius 3 is 2.38 bits per heavy atom. The Balaban J connectivity index is 1.66. The maximum atomic E-state index is 10.8. The first kappa shape index (κ1) is 16.9. The van der Waals surface area contributed by atoms with Crippen molar-refractivity contribution in [1.29, 1.82) is 0 Å². The first-order valence-corrected chi connectivity index (χ1v) is 8.93. The van der Waals surface area contributed by atoms with Crippen molar-refractivity contribution in [2.24, 2.45) is 0 Å². The lowest BCUT2D eigenvalue weighted by atomic mass is 9.93. The van der Waals surface area contributed by atoms with Crippen LogP contribution in [0.1, 0.15) is 36.9 Å². The second-order valence-electron chi connectivity index (χ2n) is 6.65. The molecule has 1 aliphatic rings. The van der Waals surface area contributed by atoms with E-state index < -0.39 is 0 Å². The summed E-state index contributed by atoms with van der Waals surface area (Å²) in [7, 11) is 0. The second kappa shape index (κ2) is 8.27. The Morgan fingerprint density at radius 2 is 1.67 bits per heavy atom. The Kier molecular flexibility index (Phi) is 5.84. The van der Waals surface area contributed by atoms with E-state index in [1.54, 1.807) is 0 Å². The lowest BCUT2D eigenvalue weighted by Gasteiger charge is -2.40. The topological polar surface area (TPSA) is 23.5 Å². The zero-order chi connectivity index (χ0) is 16.8. The molecule has 2 aromatic rings. The number of benzene rings is 2. The molecule has 24 heavy (non-hydrogen) atoms. The Morgan fingerprint density at radius 1 is 1.00 bits per heavy atom. The average molecular weight is 321 g/mol. The Bertz CT molecular complexity index is 638. The van der Waals surface area contributed by atoms with E-state index in [9.17, 15) is 5.11 Å². The van der Waals surface area contributed by atoms with Crippen molar-refractivity contribution in [3.63, 3.8) is 0 Å². The molecule has 1 aliphatic heterocycles. The Hall–Kier alpha value is -1.90. The lowest BCUT2D eigenvalue weighted by molar-refractivity contribution is 0.0267. The average Bonchev–Trinajstić information content (AvgIpc) is 2.67. The summed E-state index contributed by atoms with van der Waals surface area (Å²) in [5, 5.41) is 10.8. The van der Waals surface area contributed by atoms with Crippen LogP contribution in [0.15, 0.2) is 72.8 Å². The van der Waals surface area contributed by atoms with Crippen molar-refractivity contribution in [3.8, 4) is 0 Å². The van der Waals surface area contributed by atoms with Crippen LogP contribution in [-0.2, 0) is 6.42 Å². The molecule has 0 aliphatic carbocycles. The molecule has 126 valence electrons. The number of aliphatic hydroxyl groups excluding tert-OH is 1. The number of nitrogens with zero attached hydrogens (tertiary/aromatic N) is 1. The van der Waals surface area contributed by atoms with Gasteiger partial charge >= 0.3 is 0 Å². The van der Waals surface area contributed by atoms with Gasteiger partial charge in [0.05, 0.1) is 6.10 Å². The van der Waals surface area contributed by atoms with Crippen molar-refractivity contribution in [2.75, 3.05) is 6.54 Å². The van der Waals surface area contributed by atoms with Gasteiger partial charge in [0, 0.05) is 18.6 Å². The maximum Gasteiger partial charge on any atom is 0.0701 e. The summed E-state index contributed by atoms with van der Waals surface area (Å²) in [4.78, 5) is 2.44. The van der Waals surface area contributed by atoms with E-state index in [-0.39, 0.29) is 12.1 Å². The lowest BCUT2D eigenvalue weighted by Crippen LogP contribution is -2.46. The minimum atomic E-state index is -0.304. The van der Waals surface area contributed by atoms with Crippen molar-refractivity contribution < 1.29 is 5.11 Å². The molecule has 2 nitrogen and oxygen atoms in total. The molecule has 0 spiro atoms. The third kappa shape index (κ3) is 4.14. The number of hydrogen-bond acceptors (Lipinski definition) is 2. The molecular weight excluding hydrogens is 294 g/mol. The number of aliphatic hydroxyl groups is 1. The summed E-state index contributed by atoms with van der Waals surface area (Å²) >= 11 is 0. The molecule has 2 aromatic carbocycles. The molecule has 0 aromatic heterocycles. The SMILES string of the molecule is C[C@@H](c1ccccc1)N1CC=CC[C@@H]1[C@H](O)CCc1ccccc1. The molecule has 0 saturated carbocycles. The molecule has 3 atom stereocenters. The van der Waals surface area contributed by atoms with Crippen LogP contribution in [0.4, 0.5) is 0 Å². The van der Waals surface area contributed by atoms with E-state index in [1.165, 1.54) is 11.1 Å². The maximum absolute atomic E-state index is 10.8. The van der Waals surface area contributed by atoms with Gasteiger partial charge in [-0.15, -0.1) is 0 Å². The molecule has 0 radical (unpaired) electrons. The van der Waals surface area contributed by atoms with Crippen molar-refractivity contribution in [1.82, 2.24) is 4.90 Å². The summed E-state index contributed by atoms with van der Waals surface area (Å²) in [6.45, 7) is 3.15. The van der Waals surface area contributed by atoms with Crippen LogP contribution in [0, 0.1) is 0 Å². The van der Waals surface area contributed by atoms with E-state index in [1.807, 2.05) is 6.07 Å². The number of aryl methyl sites for hydroxylation is 1. The molecule has 1 N–H and O–H groups in total. The van der Waals surface area contributed by atoms with Crippen LogP contribution in [0.5, 0.6) is 0 Å². The van der Waals surface area contributed by atoms with Crippen molar-refractivity contribution >= 4 is 0 Å². The first-order chi connectivity index (χ1) is 11.8. The highest BCUT2D eigenvalue weighted by Gasteiger charge is 2.30. The molecule has 0 amide bonds. The van der Waals surface area contributed by atoms with Gasteiger partial charge in [-0.25, -0.2) is 0 Å². The van der Waals surface area contributed by atoms with Crippen LogP contribution in [0.3, 0.4) is 0 Å². The summed E-state index contributed by atoms with van der Waals surface area (Å²) in [5.74, 6) is 0. The highest BCUT2D eigenvalue weighted by molar-refractivity contribution is 5.20. The van der Waals surface area contributed by atoms with Crippen LogP contribution >= 0.6 is 0 Å². The zero-order valence-corrected chi connectivity index (χ0v) is 14.4. The van der Waals surface area contributed by atoms with Gasteiger partial charge in [0.15, 0.2) is 0 Å². The fraction of sp³-hybridized carbons (Fsp3) is 0.364. The van der Waals surface area contributed by atoms with Crippen molar-refractivity contribution in [3.05, 3.63) is 83.9 Å². The highest BCUT2D eigenvalue weighted by atomic mass is 16.3. The minimum absolute atomic E-state index is 0.189. The predicted molar refractivity (Wildman–Crippen MR) is 99.9 cm³/mol. The predicted octanol–water partition coefficient (Wildman–Crippen LogP) is 4.37. The molecule has 0 saturated heterocycles. The van der Waals surface area contributed by atoms with Gasteiger partial charge in [-0.3, -0.25) is 4.90 Å². The quantitative estimate of drug-likeness (QED) is 0.799. The van der Waals surface area contributed by atoms with Gasteiger partial charge in [-0.2, -0.15) is 0 Å². The normalized spacial score (nSPS) is 20.7. The molecule has 2 heteroatoms. The van der Waals surface area contributed by atoms with Gasteiger partial charge in [-0.05, 0) is 37.3 Å². The first-order valence-electron chi connectivity index (χ1n) is 8.93. The van der Waals surface area contributed by atoms with Crippen LogP contribution in [-0.4, -0.2) is 28.7 Å². The zero-order valence-electron chi connectivity index (χ0n) is 14.4. The monoisotopic (exact) mass is 321 g/mol. The summed E-state index contributed by atoms with van der Waals surface area (Å²) < 4.78 is 0. The fourth-order valence-electron chi connectivity index (χ4n) is 3.60. The van der Waals surface area contributed by atoms with Crippen molar-refractivity contribution in [2.45, 2.75) is 44.4 Å². The van der Waals surface area contributed by atoms with Crippen LogP contribution in [0.2, 0.25) is 0 Å². The van der Waals surface area contributed by atoms with Gasteiger partial charge in [0.2, 0.25) is 0 Å². The third-order valence-electron chi connectivity index (χ3n) is 5.08. The van der Waals surface area contributed by atoms with E-state index in [2.05, 4.69) is 78.6 Å².